The first-order valence-electron chi connectivity index (χ1n) is 17.2. The average molecular weight is 674 g/mol. The molecule has 6 rings (SSSR count). The molecule has 0 radical (unpaired) electrons. The molecule has 3 aliphatic heterocycles. The van der Waals surface area contributed by atoms with Crippen LogP contribution in [0.25, 0.3) is 0 Å². The van der Waals surface area contributed by atoms with Crippen molar-refractivity contribution in [3.8, 4) is 5.75 Å². The van der Waals surface area contributed by atoms with Crippen molar-refractivity contribution in [2.45, 2.75) is 95.4 Å². The molecule has 1 saturated carbocycles. The lowest BCUT2D eigenvalue weighted by atomic mass is 9.66. The molecule has 13 heteroatoms. The van der Waals surface area contributed by atoms with Crippen LogP contribution in [0, 0.1) is 17.8 Å². The van der Waals surface area contributed by atoms with E-state index in [4.69, 9.17) is 9.47 Å². The topological polar surface area (TPSA) is 126 Å². The lowest BCUT2D eigenvalue weighted by molar-refractivity contribution is -0.150. The van der Waals surface area contributed by atoms with E-state index in [1.807, 2.05) is 25.1 Å². The van der Waals surface area contributed by atoms with E-state index in [-0.39, 0.29) is 18.0 Å². The third-order valence-electron chi connectivity index (χ3n) is 11.0. The molecule has 3 unspecified atom stereocenters. The highest BCUT2D eigenvalue weighted by molar-refractivity contribution is 5.99. The minimum absolute atomic E-state index is 0.0842. The second-order valence-electron chi connectivity index (χ2n) is 14.4. The third-order valence-corrected chi connectivity index (χ3v) is 11.0. The summed E-state index contributed by atoms with van der Waals surface area (Å²) in [5.74, 6) is -2.63. The summed E-state index contributed by atoms with van der Waals surface area (Å²) in [6.45, 7) is 8.52. The number of aromatic nitrogens is 2. The zero-order valence-electron chi connectivity index (χ0n) is 27.9. The Morgan fingerprint density at radius 1 is 1.15 bits per heavy atom. The van der Waals surface area contributed by atoms with Gasteiger partial charge in [-0.05, 0) is 93.1 Å². The first-order chi connectivity index (χ1) is 22.8. The van der Waals surface area contributed by atoms with Crippen LogP contribution in [0.15, 0.2) is 24.4 Å². The van der Waals surface area contributed by atoms with Crippen LogP contribution < -0.4 is 20.3 Å². The van der Waals surface area contributed by atoms with Crippen LogP contribution in [0.3, 0.4) is 0 Å². The number of halogens is 3. The number of amides is 1. The highest BCUT2D eigenvalue weighted by atomic mass is 19.4. The number of carbonyl (C=O) groups is 2. The summed E-state index contributed by atoms with van der Waals surface area (Å²) in [4.78, 5) is 36.6. The molecule has 2 saturated heterocycles. The summed E-state index contributed by atoms with van der Waals surface area (Å²) in [6, 6.07) is 5.68. The van der Waals surface area contributed by atoms with Gasteiger partial charge >= 0.3 is 12.1 Å². The van der Waals surface area contributed by atoms with Gasteiger partial charge in [-0.1, -0.05) is 33.6 Å². The number of fused-ring (bicyclic) bond motifs is 2. The van der Waals surface area contributed by atoms with E-state index in [1.165, 1.54) is 0 Å². The Hall–Kier alpha value is -3.45. The van der Waals surface area contributed by atoms with Crippen molar-refractivity contribution in [3.63, 3.8) is 0 Å². The molecule has 1 spiro atoms. The van der Waals surface area contributed by atoms with Crippen molar-refractivity contribution in [1.82, 2.24) is 20.6 Å². The van der Waals surface area contributed by atoms with Crippen LogP contribution >= 0.6 is 0 Å². The molecule has 3 atom stereocenters. The number of carboxylic acid groups (broad SMARTS) is 1. The van der Waals surface area contributed by atoms with E-state index >= 15 is 0 Å². The smallest absolute Gasteiger partial charge is 0.434 e. The maximum atomic E-state index is 14.7. The summed E-state index contributed by atoms with van der Waals surface area (Å²) in [5.41, 5.74) is -2.69. The molecular weight excluding hydrogens is 627 g/mol. The maximum Gasteiger partial charge on any atom is 0.434 e. The number of alkyl halides is 3. The minimum Gasteiger partial charge on any atom is -0.490 e. The molecule has 48 heavy (non-hydrogen) atoms. The largest absolute Gasteiger partial charge is 0.490 e. The number of hydrogen-bond acceptors (Lipinski definition) is 8. The lowest BCUT2D eigenvalue weighted by Crippen LogP contribution is -2.63. The quantitative estimate of drug-likeness (QED) is 0.316. The maximum absolute atomic E-state index is 14.7. The zero-order chi connectivity index (χ0) is 34.3. The van der Waals surface area contributed by atoms with Crippen LogP contribution in [-0.2, 0) is 21.1 Å². The van der Waals surface area contributed by atoms with Crippen LogP contribution in [0.2, 0.25) is 0 Å². The van der Waals surface area contributed by atoms with Crippen molar-refractivity contribution >= 4 is 23.5 Å². The number of aliphatic carboxylic acids is 1. The number of hydrogen-bond donors (Lipinski definition) is 3. The van der Waals surface area contributed by atoms with Crippen molar-refractivity contribution < 1.29 is 37.3 Å². The lowest BCUT2D eigenvalue weighted by Gasteiger charge is -2.44. The van der Waals surface area contributed by atoms with Crippen molar-refractivity contribution in [2.24, 2.45) is 17.8 Å². The van der Waals surface area contributed by atoms with E-state index < -0.39 is 52.1 Å². The Balaban J connectivity index is 1.35. The number of anilines is 2. The standard InChI is InChI=1S/C35H46F3N5O5/c1-21(2)34(31(45)46,23-6-4-5-22(3)17-23)42-30(44)26-19-40-32(41-29(26)35(36,37)38)43-20-33(11-15-47-16-12-33)27-18-25(7-8-28(27)43)48-24-9-13-39-14-10-24/h7-8,18-19,21-24,39H,4-6,9-17,20H2,1-3H3,(H,42,44)(H,45,46). The normalized spacial score (nSPS) is 24.3. The SMILES string of the molecule is CC1CCCC(C(NC(=O)c2cnc(N3CC4(CCOCC4)c4cc(OC5CCNCC5)ccc43)nc2C(F)(F)F)(C(=O)O)C(C)C)C1. The Kier molecular flexibility index (Phi) is 9.65. The second kappa shape index (κ2) is 13.5. The minimum atomic E-state index is -5.00. The van der Waals surface area contributed by atoms with Gasteiger partial charge in [0.05, 0.1) is 5.56 Å². The number of ether oxygens (including phenoxy) is 2. The number of carboxylic acids is 1. The number of piperidine rings is 1. The van der Waals surface area contributed by atoms with Gasteiger partial charge in [-0.15, -0.1) is 0 Å². The fraction of sp³-hybridized carbons (Fsp3) is 0.657. The number of benzene rings is 1. The van der Waals surface area contributed by atoms with Gasteiger partial charge in [0, 0.05) is 37.1 Å². The summed E-state index contributed by atoms with van der Waals surface area (Å²) >= 11 is 0. The van der Waals surface area contributed by atoms with Crippen molar-refractivity contribution in [1.29, 1.82) is 0 Å². The van der Waals surface area contributed by atoms with Crippen LogP contribution in [0.4, 0.5) is 24.8 Å². The van der Waals surface area contributed by atoms with Crippen molar-refractivity contribution in [2.75, 3.05) is 37.7 Å². The highest BCUT2D eigenvalue weighted by Gasteiger charge is 2.52. The van der Waals surface area contributed by atoms with Crippen LogP contribution in [-0.4, -0.2) is 71.4 Å². The molecule has 1 amide bonds. The third kappa shape index (κ3) is 6.47. The van der Waals surface area contributed by atoms with Gasteiger partial charge in [0.1, 0.15) is 17.4 Å². The summed E-state index contributed by atoms with van der Waals surface area (Å²) < 4.78 is 56.1. The summed E-state index contributed by atoms with van der Waals surface area (Å²) in [7, 11) is 0. The Morgan fingerprint density at radius 2 is 1.88 bits per heavy atom. The van der Waals surface area contributed by atoms with Gasteiger partial charge < -0.3 is 30.1 Å². The van der Waals surface area contributed by atoms with Gasteiger partial charge in [0.15, 0.2) is 5.69 Å². The number of rotatable bonds is 8. The second-order valence-corrected chi connectivity index (χ2v) is 14.4. The fourth-order valence-electron chi connectivity index (χ4n) is 8.38. The highest BCUT2D eigenvalue weighted by Crippen LogP contribution is 2.50. The Bertz CT molecular complexity index is 1510. The van der Waals surface area contributed by atoms with E-state index in [9.17, 15) is 27.9 Å². The molecule has 1 aliphatic carbocycles. The monoisotopic (exact) mass is 673 g/mol. The molecule has 1 aromatic heterocycles. The van der Waals surface area contributed by atoms with E-state index in [1.54, 1.807) is 18.7 Å². The zero-order valence-corrected chi connectivity index (χ0v) is 27.9. The molecule has 4 heterocycles. The molecule has 10 nitrogen and oxygen atoms in total. The van der Waals surface area contributed by atoms with Crippen molar-refractivity contribution in [3.05, 3.63) is 41.2 Å². The average Bonchev–Trinajstić information content (AvgIpc) is 3.35. The van der Waals surface area contributed by atoms with E-state index in [2.05, 4.69) is 20.6 Å². The molecule has 262 valence electrons. The predicted octanol–water partition coefficient (Wildman–Crippen LogP) is 5.86. The summed E-state index contributed by atoms with van der Waals surface area (Å²) in [5, 5.41) is 16.4. The van der Waals surface area contributed by atoms with E-state index in [0.717, 1.165) is 56.3 Å². The van der Waals surface area contributed by atoms with E-state index in [0.29, 0.717) is 51.1 Å². The Labute approximate surface area is 279 Å². The van der Waals surface area contributed by atoms with Gasteiger partial charge in [-0.2, -0.15) is 13.2 Å². The van der Waals surface area contributed by atoms with Gasteiger partial charge in [0.2, 0.25) is 5.95 Å². The van der Waals surface area contributed by atoms with Gasteiger partial charge in [0.25, 0.3) is 5.91 Å². The molecule has 3 fully saturated rings. The molecule has 2 aromatic rings. The molecular formula is C35H46F3N5O5. The van der Waals surface area contributed by atoms with Gasteiger partial charge in [-0.25, -0.2) is 14.8 Å². The number of nitrogens with zero attached hydrogens (tertiary/aromatic N) is 3. The van der Waals surface area contributed by atoms with Gasteiger partial charge in [-0.3, -0.25) is 4.79 Å². The van der Waals surface area contributed by atoms with Crippen LogP contribution in [0.5, 0.6) is 5.75 Å². The molecule has 0 bridgehead atoms. The molecule has 1 aromatic carbocycles. The fourth-order valence-corrected chi connectivity index (χ4v) is 8.38. The molecule has 4 aliphatic rings. The van der Waals surface area contributed by atoms with Crippen LogP contribution in [0.1, 0.15) is 93.8 Å². The first-order valence-corrected chi connectivity index (χ1v) is 17.2. The first kappa shape index (κ1) is 34.4. The Morgan fingerprint density at radius 3 is 2.52 bits per heavy atom. The molecule has 3 N–H and O–H groups in total. The summed E-state index contributed by atoms with van der Waals surface area (Å²) in [6.07, 6.45) is 1.93. The number of carbonyl (C=O) groups excluding carboxylic acids is 1. The predicted molar refractivity (Wildman–Crippen MR) is 173 cm³/mol. The number of nitrogens with one attached hydrogen (secondary N) is 2.